The lowest BCUT2D eigenvalue weighted by molar-refractivity contribution is -0.147. The van der Waals surface area contributed by atoms with Crippen LogP contribution < -0.4 is 22.1 Å². The van der Waals surface area contributed by atoms with E-state index in [0.717, 1.165) is 0 Å². The lowest BCUT2D eigenvalue weighted by atomic mass is 10.1. The fourth-order valence-corrected chi connectivity index (χ4v) is 1.94. The summed E-state index contributed by atoms with van der Waals surface area (Å²) in [6.45, 7) is 1.67. The zero-order valence-electron chi connectivity index (χ0n) is 14.0. The van der Waals surface area contributed by atoms with Gasteiger partial charge in [-0.1, -0.05) is 6.42 Å². The van der Waals surface area contributed by atoms with Crippen LogP contribution in [0.3, 0.4) is 0 Å². The monoisotopic (exact) mass is 362 g/mol. The molecule has 25 heavy (non-hydrogen) atoms. The van der Waals surface area contributed by atoms with Crippen molar-refractivity contribution in [1.29, 1.82) is 0 Å². The standard InChI is InChI=1S/C14H26N4O7/c1-7(19)11(18-12(22)8(16)4-2-3-5-15)13(23)17-9(14(24)25)6-10(20)21/h7-9,11,19H,2-6,15-16H2,1H3,(H,17,23)(H,18,22)(H,20,21)(H,24,25)/t7-,8+,9+,11+/m1/s1. The number of aliphatic carboxylic acids is 2. The lowest BCUT2D eigenvalue weighted by Gasteiger charge is -2.24. The number of nitrogens with one attached hydrogen (secondary N) is 2. The van der Waals surface area contributed by atoms with Crippen LogP contribution in [-0.2, 0) is 19.2 Å². The van der Waals surface area contributed by atoms with Crippen molar-refractivity contribution in [3.05, 3.63) is 0 Å². The van der Waals surface area contributed by atoms with Gasteiger partial charge in [-0.15, -0.1) is 0 Å². The molecule has 0 aromatic rings. The molecule has 0 aliphatic heterocycles. The number of carbonyl (C=O) groups is 4. The van der Waals surface area contributed by atoms with Gasteiger partial charge in [0.05, 0.1) is 18.6 Å². The molecule has 0 radical (unpaired) electrons. The van der Waals surface area contributed by atoms with E-state index in [4.69, 9.17) is 21.7 Å². The van der Waals surface area contributed by atoms with E-state index in [1.165, 1.54) is 6.92 Å². The normalized spacial score (nSPS) is 15.5. The number of carboxylic acid groups (broad SMARTS) is 2. The number of unbranched alkanes of at least 4 members (excludes halogenated alkanes) is 1. The van der Waals surface area contributed by atoms with Crippen LogP contribution in [0.1, 0.15) is 32.6 Å². The van der Waals surface area contributed by atoms with Gasteiger partial charge in [0.2, 0.25) is 11.8 Å². The summed E-state index contributed by atoms with van der Waals surface area (Å²) in [5, 5.41) is 31.5. The Hall–Kier alpha value is -2.24. The van der Waals surface area contributed by atoms with Crippen LogP contribution in [0.2, 0.25) is 0 Å². The molecule has 0 aliphatic carbocycles. The van der Waals surface area contributed by atoms with Gasteiger partial charge in [-0.05, 0) is 26.3 Å². The predicted octanol–water partition coefficient (Wildman–Crippen LogP) is -2.65. The summed E-state index contributed by atoms with van der Waals surface area (Å²) in [6, 6.07) is -4.08. The average Bonchev–Trinajstić information content (AvgIpc) is 2.50. The summed E-state index contributed by atoms with van der Waals surface area (Å²) in [5.74, 6) is -4.69. The van der Waals surface area contributed by atoms with Crippen molar-refractivity contribution in [3.8, 4) is 0 Å². The Balaban J connectivity index is 4.86. The van der Waals surface area contributed by atoms with E-state index in [1.54, 1.807) is 0 Å². The highest BCUT2D eigenvalue weighted by molar-refractivity contribution is 5.93. The number of nitrogens with two attached hydrogens (primary N) is 2. The molecule has 0 unspecified atom stereocenters. The van der Waals surface area contributed by atoms with E-state index in [-0.39, 0.29) is 0 Å². The quantitative estimate of drug-likeness (QED) is 0.181. The van der Waals surface area contributed by atoms with E-state index in [2.05, 4.69) is 5.32 Å². The SMILES string of the molecule is C[C@@H](O)[C@H](NC(=O)[C@@H](N)CCCCN)C(=O)N[C@@H](CC(=O)O)C(=O)O. The minimum absolute atomic E-state index is 0.327. The number of carbonyl (C=O) groups excluding carboxylic acids is 2. The van der Waals surface area contributed by atoms with E-state index < -0.39 is 54.4 Å². The number of hydrogen-bond donors (Lipinski definition) is 7. The molecule has 0 saturated heterocycles. The fourth-order valence-electron chi connectivity index (χ4n) is 1.94. The molecule has 0 fully saturated rings. The second kappa shape index (κ2) is 11.3. The van der Waals surface area contributed by atoms with Crippen molar-refractivity contribution < 1.29 is 34.5 Å². The molecule has 0 aromatic carbocycles. The number of carboxylic acids is 2. The van der Waals surface area contributed by atoms with Crippen molar-refractivity contribution in [2.24, 2.45) is 11.5 Å². The zero-order chi connectivity index (χ0) is 19.6. The van der Waals surface area contributed by atoms with E-state index >= 15 is 0 Å². The third kappa shape index (κ3) is 8.98. The topological polar surface area (TPSA) is 205 Å². The molecule has 0 aromatic heterocycles. The Kier molecular flexibility index (Phi) is 10.3. The first kappa shape index (κ1) is 22.8. The van der Waals surface area contributed by atoms with Crippen LogP contribution in [0.15, 0.2) is 0 Å². The fraction of sp³-hybridized carbons (Fsp3) is 0.714. The summed E-state index contributed by atoms with van der Waals surface area (Å²) >= 11 is 0. The van der Waals surface area contributed by atoms with Crippen LogP contribution in [0, 0.1) is 0 Å². The Morgan fingerprint density at radius 3 is 2.08 bits per heavy atom. The van der Waals surface area contributed by atoms with Crippen molar-refractivity contribution >= 4 is 23.8 Å². The third-order valence-corrected chi connectivity index (χ3v) is 3.36. The molecule has 11 heteroatoms. The summed E-state index contributed by atoms with van der Waals surface area (Å²) in [7, 11) is 0. The van der Waals surface area contributed by atoms with Crippen molar-refractivity contribution in [2.45, 2.75) is 56.8 Å². The van der Waals surface area contributed by atoms with Crippen molar-refractivity contribution in [3.63, 3.8) is 0 Å². The highest BCUT2D eigenvalue weighted by atomic mass is 16.4. The van der Waals surface area contributed by atoms with Gasteiger partial charge in [0, 0.05) is 0 Å². The Morgan fingerprint density at radius 1 is 1.04 bits per heavy atom. The van der Waals surface area contributed by atoms with Gasteiger partial charge in [0.25, 0.3) is 0 Å². The lowest BCUT2D eigenvalue weighted by Crippen LogP contribution is -2.58. The molecular formula is C14H26N4O7. The summed E-state index contributed by atoms with van der Waals surface area (Å²) in [4.78, 5) is 45.7. The second-order valence-corrected chi connectivity index (χ2v) is 5.62. The predicted molar refractivity (Wildman–Crippen MR) is 86.3 cm³/mol. The van der Waals surface area contributed by atoms with E-state index in [0.29, 0.717) is 25.8 Å². The molecule has 9 N–H and O–H groups in total. The summed E-state index contributed by atoms with van der Waals surface area (Å²) in [5.41, 5.74) is 11.0. The number of hydrogen-bond acceptors (Lipinski definition) is 7. The summed E-state index contributed by atoms with van der Waals surface area (Å²) < 4.78 is 0. The van der Waals surface area contributed by atoms with Gasteiger partial charge in [-0.2, -0.15) is 0 Å². The van der Waals surface area contributed by atoms with Crippen molar-refractivity contribution in [1.82, 2.24) is 10.6 Å². The van der Waals surface area contributed by atoms with E-state index in [9.17, 15) is 24.3 Å². The smallest absolute Gasteiger partial charge is 0.326 e. The maximum absolute atomic E-state index is 12.1. The number of aliphatic hydroxyl groups is 1. The Morgan fingerprint density at radius 2 is 1.64 bits per heavy atom. The summed E-state index contributed by atoms with van der Waals surface area (Å²) in [6.07, 6.45) is -0.583. The van der Waals surface area contributed by atoms with E-state index in [1.807, 2.05) is 5.32 Å². The third-order valence-electron chi connectivity index (χ3n) is 3.36. The molecule has 4 atom stereocenters. The van der Waals surface area contributed by atoms with Gasteiger partial charge < -0.3 is 37.4 Å². The molecule has 0 spiro atoms. The largest absolute Gasteiger partial charge is 0.481 e. The minimum Gasteiger partial charge on any atom is -0.481 e. The number of aliphatic hydroxyl groups excluding tert-OH is 1. The minimum atomic E-state index is -1.69. The van der Waals surface area contributed by atoms with Crippen LogP contribution in [0.5, 0.6) is 0 Å². The highest BCUT2D eigenvalue weighted by Gasteiger charge is 2.31. The highest BCUT2D eigenvalue weighted by Crippen LogP contribution is 2.02. The molecule has 0 aliphatic rings. The van der Waals surface area contributed by atoms with Gasteiger partial charge in [-0.3, -0.25) is 14.4 Å². The van der Waals surface area contributed by atoms with Gasteiger partial charge in [0.15, 0.2) is 0 Å². The first-order chi connectivity index (χ1) is 11.6. The molecule has 0 heterocycles. The maximum atomic E-state index is 12.1. The van der Waals surface area contributed by atoms with Gasteiger partial charge in [0.1, 0.15) is 12.1 Å². The van der Waals surface area contributed by atoms with Crippen LogP contribution in [-0.4, -0.2) is 69.8 Å². The molecule has 144 valence electrons. The Bertz CT molecular complexity index is 484. The first-order valence-electron chi connectivity index (χ1n) is 7.79. The maximum Gasteiger partial charge on any atom is 0.326 e. The van der Waals surface area contributed by atoms with Gasteiger partial charge in [-0.25, -0.2) is 4.79 Å². The molecule has 11 nitrogen and oxygen atoms in total. The number of amides is 2. The number of rotatable bonds is 12. The molecule has 2 amide bonds. The Labute approximate surface area is 144 Å². The van der Waals surface area contributed by atoms with Crippen LogP contribution >= 0.6 is 0 Å². The van der Waals surface area contributed by atoms with Gasteiger partial charge >= 0.3 is 11.9 Å². The average molecular weight is 362 g/mol. The molecule has 0 rings (SSSR count). The molecule has 0 saturated carbocycles. The zero-order valence-corrected chi connectivity index (χ0v) is 14.0. The van der Waals surface area contributed by atoms with Crippen LogP contribution in [0.25, 0.3) is 0 Å². The molecular weight excluding hydrogens is 336 g/mol. The van der Waals surface area contributed by atoms with Crippen molar-refractivity contribution in [2.75, 3.05) is 6.54 Å². The first-order valence-corrected chi connectivity index (χ1v) is 7.79. The van der Waals surface area contributed by atoms with Crippen LogP contribution in [0.4, 0.5) is 0 Å². The second-order valence-electron chi connectivity index (χ2n) is 5.62. The molecule has 0 bridgehead atoms.